The van der Waals surface area contributed by atoms with E-state index in [1.165, 1.54) is 257 Å². The fourth-order valence-corrected chi connectivity index (χ4v) is 14.9. The van der Waals surface area contributed by atoms with Gasteiger partial charge in [-0.3, -0.25) is 32.5 Å². The van der Waals surface area contributed by atoms with Gasteiger partial charge in [-0.2, -0.15) is 0 Å². The molecule has 5 atom stereocenters. The van der Waals surface area contributed by atoms with Crippen molar-refractivity contribution in [3.05, 3.63) is 109 Å². The number of esters is 3. The first kappa shape index (κ1) is 111. The Morgan fingerprint density at radius 1 is 0.252 bits per heavy atom. The number of hydrogen-bond donors (Lipinski definition) is 4. The van der Waals surface area contributed by atoms with Crippen molar-refractivity contribution in [3.8, 4) is 0 Å². The zero-order valence-corrected chi connectivity index (χ0v) is 75.5. The van der Waals surface area contributed by atoms with Crippen molar-refractivity contribution >= 4 is 33.6 Å². The van der Waals surface area contributed by atoms with Crippen LogP contribution in [0.5, 0.6) is 0 Å². The van der Waals surface area contributed by atoms with E-state index in [4.69, 9.17) is 32.3 Å². The smallest absolute Gasteiger partial charge is 0.463 e. The van der Waals surface area contributed by atoms with Crippen molar-refractivity contribution in [3.63, 3.8) is 0 Å². The molecule has 16 nitrogen and oxygen atoms in total. The van der Waals surface area contributed by atoms with Crippen LogP contribution in [0, 0.1) is 0 Å². The molecule has 0 aromatic carbocycles. The molecule has 0 aromatic rings. The van der Waals surface area contributed by atoms with E-state index in [-0.39, 0.29) is 19.3 Å². The van der Waals surface area contributed by atoms with E-state index in [9.17, 15) is 43.5 Å². The van der Waals surface area contributed by atoms with Crippen molar-refractivity contribution < 1.29 is 75.8 Å². The molecular weight excluding hydrogens is 1480 g/mol. The number of unbranched alkanes of at least 4 members (excludes halogenated alkanes) is 49. The third kappa shape index (κ3) is 90.8. The molecule has 0 spiro atoms. The molecule has 0 heterocycles. The van der Waals surface area contributed by atoms with Crippen LogP contribution < -0.4 is 0 Å². The zero-order valence-electron chi connectivity index (χ0n) is 73.7. The third-order valence-corrected chi connectivity index (χ3v) is 22.4. The number of phosphoric acid groups is 2. The number of rotatable bonds is 90. The summed E-state index contributed by atoms with van der Waals surface area (Å²) in [6.45, 7) is 2.62. The fourth-order valence-electron chi connectivity index (χ4n) is 13.4. The van der Waals surface area contributed by atoms with Crippen LogP contribution in [0.2, 0.25) is 0 Å². The topological polar surface area (TPSA) is 231 Å². The molecule has 0 amide bonds. The van der Waals surface area contributed by atoms with Gasteiger partial charge in [-0.15, -0.1) is 0 Å². The number of carbonyl (C=O) groups is 3. The lowest BCUT2D eigenvalue weighted by molar-refractivity contribution is -0.161. The van der Waals surface area contributed by atoms with Crippen molar-refractivity contribution in [1.29, 1.82) is 0 Å². The first-order valence-electron chi connectivity index (χ1n) is 47.2. The number of phosphoric ester groups is 2. The third-order valence-electron chi connectivity index (χ3n) is 20.5. The molecule has 0 fully saturated rings. The van der Waals surface area contributed by atoms with Crippen LogP contribution in [-0.2, 0) is 55.8 Å². The van der Waals surface area contributed by atoms with Gasteiger partial charge in [0.1, 0.15) is 25.4 Å². The highest BCUT2D eigenvalue weighted by molar-refractivity contribution is 7.47. The predicted molar refractivity (Wildman–Crippen MR) is 482 cm³/mol. The first-order valence-corrected chi connectivity index (χ1v) is 50.2. The van der Waals surface area contributed by atoms with Gasteiger partial charge in [-0.1, -0.05) is 413 Å². The highest BCUT2D eigenvalue weighted by atomic mass is 31.2. The molecule has 668 valence electrons. The quantitative estimate of drug-likeness (QED) is 0.0146. The molecule has 4 N–H and O–H groups in total. The second-order valence-electron chi connectivity index (χ2n) is 31.8. The minimum Gasteiger partial charge on any atom is -0.463 e. The zero-order chi connectivity index (χ0) is 83.6. The van der Waals surface area contributed by atoms with Gasteiger partial charge < -0.3 is 34.2 Å². The summed E-state index contributed by atoms with van der Waals surface area (Å²) in [5.41, 5.74) is 0. The van der Waals surface area contributed by atoms with Gasteiger partial charge in [-0.25, -0.2) is 9.13 Å². The molecule has 0 bridgehead atoms. The molecule has 0 radical (unpaired) electrons. The Kier molecular flexibility index (Phi) is 86.5. The molecule has 0 aliphatic rings. The Morgan fingerprint density at radius 2 is 0.461 bits per heavy atom. The SMILES string of the molecule is CC/C=C\C/C=C\C/C=C\C/C=C\C/C=C\CCCCCCCCCCCCCCCCCC(=O)OCC(COP(=O)(O)OCC(O)COP(=O)(O)OCC(O)COC(=O)CCCCCCCCCCCCCCCCCCCCC/C=C\C/C=C\C/C=C\C/C=C\CCCCC)OC(=O)CCCCCCCCCCCCCCC. The number of aliphatic hydroxyl groups is 2. The van der Waals surface area contributed by atoms with E-state index < -0.39 is 91.5 Å². The summed E-state index contributed by atoms with van der Waals surface area (Å²) in [5.74, 6) is -1.55. The fraction of sp³-hybridized carbons (Fsp3) is 0.784. The number of carbonyl (C=O) groups excluding carboxylic acids is 3. The minimum atomic E-state index is -4.93. The summed E-state index contributed by atoms with van der Waals surface area (Å²) < 4.78 is 61.4. The van der Waals surface area contributed by atoms with E-state index in [1.807, 2.05) is 0 Å². The van der Waals surface area contributed by atoms with Crippen LogP contribution in [0.25, 0.3) is 0 Å². The minimum absolute atomic E-state index is 0.110. The standard InChI is InChI=1S/C97H174O16P2/c1-4-7-10-13-16-19-22-25-27-29-31-33-35-37-39-41-43-44-45-46-48-50-51-53-55-57-59-61-63-66-68-71-74-77-80-83-95(100)107-86-92(98)87-109-114(103,104)110-88-93(99)89-111-115(105,106)112-91-94(113-97(102)85-82-79-76-73-70-65-24-21-18-15-12-9-6-3)90-108-96(101)84-81-78-75-72-69-67-64-62-60-58-56-54-52-49-47-42-40-38-36-34-32-30-28-26-23-20-17-14-11-8-5-2/h8,11,16-17,19-20,25-28,31-34,37-40,92-94,98-99H,4-7,9-10,12-15,18,21-24,29-30,35-36,41-91H2,1-3H3,(H,103,104)(H,105,106)/b11-8-,19-16-,20-17-,27-25-,28-26-,33-31-,34-32-,39-37-,40-38-. The molecule has 0 aliphatic carbocycles. The van der Waals surface area contributed by atoms with E-state index in [0.717, 1.165) is 116 Å². The molecule has 0 aliphatic heterocycles. The lowest BCUT2D eigenvalue weighted by atomic mass is 10.0. The molecule has 0 rings (SSSR count). The first-order chi connectivity index (χ1) is 56.2. The summed E-state index contributed by atoms with van der Waals surface area (Å²) in [7, 11) is -9.79. The maximum Gasteiger partial charge on any atom is 0.472 e. The number of hydrogen-bond acceptors (Lipinski definition) is 14. The van der Waals surface area contributed by atoms with Crippen LogP contribution >= 0.6 is 15.6 Å². The van der Waals surface area contributed by atoms with Crippen molar-refractivity contribution in [2.45, 2.75) is 450 Å². The van der Waals surface area contributed by atoms with E-state index in [1.54, 1.807) is 0 Å². The predicted octanol–water partition coefficient (Wildman–Crippen LogP) is 29.0. The number of allylic oxidation sites excluding steroid dienone is 18. The summed E-state index contributed by atoms with van der Waals surface area (Å²) in [6, 6.07) is 0. The molecule has 18 heteroatoms. The lowest BCUT2D eigenvalue weighted by Crippen LogP contribution is -2.30. The highest BCUT2D eigenvalue weighted by Gasteiger charge is 2.30. The second kappa shape index (κ2) is 89.5. The van der Waals surface area contributed by atoms with Crippen molar-refractivity contribution in [1.82, 2.24) is 0 Å². The number of ether oxygens (including phenoxy) is 3. The Morgan fingerprint density at radius 3 is 0.748 bits per heavy atom. The summed E-state index contributed by atoms with van der Waals surface area (Å²) in [6.07, 6.45) is 109. The Bertz CT molecular complexity index is 2520. The largest absolute Gasteiger partial charge is 0.472 e. The molecule has 0 aromatic heterocycles. The Hall–Kier alpha value is -3.79. The lowest BCUT2D eigenvalue weighted by Gasteiger charge is -2.21. The molecule has 0 saturated carbocycles. The van der Waals surface area contributed by atoms with Gasteiger partial charge in [0.25, 0.3) is 0 Å². The molecule has 0 saturated heterocycles. The second-order valence-corrected chi connectivity index (χ2v) is 34.7. The van der Waals surface area contributed by atoms with Crippen LogP contribution in [0.15, 0.2) is 109 Å². The Balaban J connectivity index is 4.35. The van der Waals surface area contributed by atoms with Crippen LogP contribution in [0.1, 0.15) is 432 Å². The van der Waals surface area contributed by atoms with Gasteiger partial charge in [0.2, 0.25) is 0 Å². The maximum absolute atomic E-state index is 13.0. The Labute approximate surface area is 704 Å². The average molecular weight is 1660 g/mol. The molecule has 115 heavy (non-hydrogen) atoms. The van der Waals surface area contributed by atoms with Crippen molar-refractivity contribution in [2.24, 2.45) is 0 Å². The summed E-state index contributed by atoms with van der Waals surface area (Å²) in [4.78, 5) is 58.9. The summed E-state index contributed by atoms with van der Waals surface area (Å²) >= 11 is 0. The van der Waals surface area contributed by atoms with Gasteiger partial charge in [-0.05, 0) is 109 Å². The van der Waals surface area contributed by atoms with E-state index in [0.29, 0.717) is 19.3 Å². The highest BCUT2D eigenvalue weighted by Crippen LogP contribution is 2.45. The maximum atomic E-state index is 13.0. The van der Waals surface area contributed by atoms with Crippen molar-refractivity contribution in [2.75, 3.05) is 39.6 Å². The van der Waals surface area contributed by atoms with Crippen LogP contribution in [0.4, 0.5) is 0 Å². The van der Waals surface area contributed by atoms with Gasteiger partial charge >= 0.3 is 33.6 Å². The monoisotopic (exact) mass is 1660 g/mol. The van der Waals surface area contributed by atoms with Gasteiger partial charge in [0, 0.05) is 19.3 Å². The number of aliphatic hydroxyl groups excluding tert-OH is 2. The van der Waals surface area contributed by atoms with Crippen LogP contribution in [0.3, 0.4) is 0 Å². The van der Waals surface area contributed by atoms with Gasteiger partial charge in [0.05, 0.1) is 26.4 Å². The van der Waals surface area contributed by atoms with E-state index in [2.05, 4.69) is 130 Å². The van der Waals surface area contributed by atoms with Crippen LogP contribution in [-0.4, -0.2) is 95.9 Å². The average Bonchev–Trinajstić information content (AvgIpc) is 0.885. The molecule has 5 unspecified atom stereocenters. The van der Waals surface area contributed by atoms with E-state index >= 15 is 0 Å². The van der Waals surface area contributed by atoms with Gasteiger partial charge in [0.15, 0.2) is 6.10 Å². The summed E-state index contributed by atoms with van der Waals surface area (Å²) in [5, 5.41) is 20.7. The molecular formula is C97H174O16P2. The normalized spacial score (nSPS) is 14.3.